The molecule has 1 aliphatic rings. The van der Waals surface area contributed by atoms with Crippen LogP contribution < -0.4 is 10.7 Å². The Hall–Kier alpha value is -4.10. The first kappa shape index (κ1) is 20.2. The van der Waals surface area contributed by atoms with Crippen LogP contribution in [0.5, 0.6) is 11.5 Å². The molecule has 0 spiro atoms. The van der Waals surface area contributed by atoms with E-state index in [0.29, 0.717) is 27.4 Å². The number of hydrazone groups is 1. The first-order valence-corrected chi connectivity index (χ1v) is 9.57. The topological polar surface area (TPSA) is 111 Å². The van der Waals surface area contributed by atoms with E-state index in [1.54, 1.807) is 48.5 Å². The zero-order chi connectivity index (χ0) is 22.0. The highest BCUT2D eigenvalue weighted by Crippen LogP contribution is 2.34. The molecular formula is C23H16ClN3O4. The molecule has 1 heterocycles. The summed E-state index contributed by atoms with van der Waals surface area (Å²) in [5.41, 5.74) is 5.75. The molecule has 0 radical (unpaired) electrons. The summed E-state index contributed by atoms with van der Waals surface area (Å²) in [6.45, 7) is 0. The lowest BCUT2D eigenvalue weighted by Crippen LogP contribution is -2.17. The number of aromatic hydroxyl groups is 2. The van der Waals surface area contributed by atoms with Crippen molar-refractivity contribution in [2.24, 2.45) is 5.10 Å². The summed E-state index contributed by atoms with van der Waals surface area (Å²) in [7, 11) is 0. The number of phenols is 2. The number of benzene rings is 3. The number of carbonyl (C=O) groups excluding carboxylic acids is 2. The summed E-state index contributed by atoms with van der Waals surface area (Å²) in [5, 5.41) is 26.1. The molecule has 31 heavy (non-hydrogen) atoms. The quantitative estimate of drug-likeness (QED) is 0.283. The van der Waals surface area contributed by atoms with Gasteiger partial charge in [0.2, 0.25) is 0 Å². The third-order valence-corrected chi connectivity index (χ3v) is 4.87. The molecule has 0 atom stereocenters. The van der Waals surface area contributed by atoms with Crippen molar-refractivity contribution >= 4 is 47.0 Å². The Labute approximate surface area is 182 Å². The summed E-state index contributed by atoms with van der Waals surface area (Å²) in [6, 6.07) is 15.9. The second-order valence-electron chi connectivity index (χ2n) is 6.77. The van der Waals surface area contributed by atoms with Crippen LogP contribution in [0, 0.1) is 0 Å². The standard InChI is InChI=1S/C23H16ClN3O4/c24-16-6-8-20-18(10-16)19(23(31)26-20)9-13-1-3-14(4-2-13)22(30)27-25-12-15-5-7-17(28)11-21(15)29/h1-12,28-29H,(H,26,31)(H,27,30)/b19-9+,25-12+. The lowest BCUT2D eigenvalue weighted by molar-refractivity contribution is -0.110. The number of carbonyl (C=O) groups is 2. The fraction of sp³-hybridized carbons (Fsp3) is 0. The van der Waals surface area contributed by atoms with Crippen LogP contribution >= 0.6 is 11.6 Å². The van der Waals surface area contributed by atoms with Gasteiger partial charge in [-0.2, -0.15) is 5.10 Å². The zero-order valence-electron chi connectivity index (χ0n) is 16.0. The van der Waals surface area contributed by atoms with Crippen molar-refractivity contribution < 1.29 is 19.8 Å². The average molecular weight is 434 g/mol. The number of amides is 2. The largest absolute Gasteiger partial charge is 0.508 e. The van der Waals surface area contributed by atoms with Crippen LogP contribution in [0.25, 0.3) is 11.6 Å². The minimum atomic E-state index is -0.440. The van der Waals surface area contributed by atoms with Crippen molar-refractivity contribution in [3.63, 3.8) is 0 Å². The number of halogens is 1. The van der Waals surface area contributed by atoms with Gasteiger partial charge in [-0.1, -0.05) is 23.7 Å². The predicted molar refractivity (Wildman–Crippen MR) is 119 cm³/mol. The van der Waals surface area contributed by atoms with Crippen molar-refractivity contribution in [3.8, 4) is 11.5 Å². The van der Waals surface area contributed by atoms with Gasteiger partial charge in [-0.25, -0.2) is 5.43 Å². The van der Waals surface area contributed by atoms with Gasteiger partial charge in [-0.15, -0.1) is 0 Å². The molecule has 7 nitrogen and oxygen atoms in total. The number of phenolic OH excluding ortho intramolecular Hbond substituents is 2. The van der Waals surface area contributed by atoms with Crippen LogP contribution in [-0.2, 0) is 4.79 Å². The van der Waals surface area contributed by atoms with Crippen molar-refractivity contribution in [2.45, 2.75) is 0 Å². The van der Waals surface area contributed by atoms with Gasteiger partial charge in [-0.3, -0.25) is 9.59 Å². The van der Waals surface area contributed by atoms with E-state index in [4.69, 9.17) is 11.6 Å². The predicted octanol–water partition coefficient (Wildman–Crippen LogP) is 4.01. The van der Waals surface area contributed by atoms with E-state index in [-0.39, 0.29) is 17.4 Å². The molecule has 0 aromatic heterocycles. The number of hydrogen-bond donors (Lipinski definition) is 4. The van der Waals surface area contributed by atoms with Gasteiger partial charge >= 0.3 is 0 Å². The minimum absolute atomic E-state index is 0.0737. The van der Waals surface area contributed by atoms with Gasteiger partial charge < -0.3 is 15.5 Å². The molecule has 0 saturated heterocycles. The van der Waals surface area contributed by atoms with Gasteiger partial charge in [0.25, 0.3) is 11.8 Å². The van der Waals surface area contributed by atoms with Crippen LogP contribution in [0.4, 0.5) is 5.69 Å². The summed E-state index contributed by atoms with van der Waals surface area (Å²) < 4.78 is 0. The van der Waals surface area contributed by atoms with E-state index >= 15 is 0 Å². The van der Waals surface area contributed by atoms with Crippen molar-refractivity contribution in [1.29, 1.82) is 0 Å². The van der Waals surface area contributed by atoms with Gasteiger partial charge in [-0.05, 0) is 54.1 Å². The maximum Gasteiger partial charge on any atom is 0.271 e. The SMILES string of the molecule is O=C1Nc2ccc(Cl)cc2/C1=C\c1ccc(C(=O)N/N=C/c2ccc(O)cc2O)cc1. The lowest BCUT2D eigenvalue weighted by Gasteiger charge is -2.03. The normalized spacial score (nSPS) is 14.0. The molecule has 0 unspecified atom stereocenters. The third kappa shape index (κ3) is 4.41. The molecule has 3 aromatic rings. The molecule has 1 aliphatic heterocycles. The molecule has 0 bridgehead atoms. The molecule has 2 amide bonds. The number of nitrogens with one attached hydrogen (secondary N) is 2. The van der Waals surface area contributed by atoms with Gasteiger partial charge in [0.05, 0.1) is 6.21 Å². The van der Waals surface area contributed by atoms with E-state index in [1.807, 2.05) is 0 Å². The maximum absolute atomic E-state index is 12.3. The van der Waals surface area contributed by atoms with Crippen LogP contribution in [0.3, 0.4) is 0 Å². The Bertz CT molecular complexity index is 1250. The summed E-state index contributed by atoms with van der Waals surface area (Å²) >= 11 is 6.04. The summed E-state index contributed by atoms with van der Waals surface area (Å²) in [6.07, 6.45) is 3.00. The Kier molecular flexibility index (Phi) is 5.43. The number of nitrogens with zero attached hydrogens (tertiary/aromatic N) is 1. The van der Waals surface area contributed by atoms with Gasteiger partial charge in [0.15, 0.2) is 0 Å². The molecule has 3 aromatic carbocycles. The number of rotatable bonds is 4. The van der Waals surface area contributed by atoms with Crippen molar-refractivity contribution in [2.75, 3.05) is 5.32 Å². The van der Waals surface area contributed by atoms with Crippen LogP contribution in [-0.4, -0.2) is 28.2 Å². The van der Waals surface area contributed by atoms with Crippen LogP contribution in [0.15, 0.2) is 65.8 Å². The second kappa shape index (κ2) is 8.33. The summed E-state index contributed by atoms with van der Waals surface area (Å²) in [5.74, 6) is -0.889. The van der Waals surface area contributed by atoms with E-state index in [2.05, 4.69) is 15.8 Å². The van der Waals surface area contributed by atoms with E-state index < -0.39 is 5.91 Å². The van der Waals surface area contributed by atoms with Crippen molar-refractivity contribution in [3.05, 3.63) is 87.9 Å². The average Bonchev–Trinajstić information content (AvgIpc) is 3.04. The highest BCUT2D eigenvalue weighted by Gasteiger charge is 2.24. The molecule has 0 fully saturated rings. The molecule has 4 rings (SSSR count). The van der Waals surface area contributed by atoms with Crippen LogP contribution in [0.1, 0.15) is 27.0 Å². The molecule has 0 aliphatic carbocycles. The molecule has 154 valence electrons. The monoisotopic (exact) mass is 433 g/mol. The molecule has 4 N–H and O–H groups in total. The number of fused-ring (bicyclic) bond motifs is 1. The van der Waals surface area contributed by atoms with E-state index in [1.165, 1.54) is 24.4 Å². The Morgan fingerprint density at radius 2 is 1.81 bits per heavy atom. The van der Waals surface area contributed by atoms with E-state index in [0.717, 1.165) is 11.1 Å². The lowest BCUT2D eigenvalue weighted by atomic mass is 10.0. The highest BCUT2D eigenvalue weighted by molar-refractivity contribution is 6.36. The Morgan fingerprint density at radius 3 is 2.55 bits per heavy atom. The number of anilines is 1. The highest BCUT2D eigenvalue weighted by atomic mass is 35.5. The first-order chi connectivity index (χ1) is 14.9. The third-order valence-electron chi connectivity index (χ3n) is 4.63. The Balaban J connectivity index is 1.47. The fourth-order valence-electron chi connectivity index (χ4n) is 3.07. The first-order valence-electron chi connectivity index (χ1n) is 9.19. The van der Waals surface area contributed by atoms with Gasteiger partial charge in [0.1, 0.15) is 11.5 Å². The fourth-order valence-corrected chi connectivity index (χ4v) is 3.24. The maximum atomic E-state index is 12.3. The Morgan fingerprint density at radius 1 is 1.03 bits per heavy atom. The zero-order valence-corrected chi connectivity index (χ0v) is 16.7. The molecular weight excluding hydrogens is 418 g/mol. The van der Waals surface area contributed by atoms with Crippen molar-refractivity contribution in [1.82, 2.24) is 5.43 Å². The molecule has 0 saturated carbocycles. The second-order valence-corrected chi connectivity index (χ2v) is 7.20. The minimum Gasteiger partial charge on any atom is -0.508 e. The van der Waals surface area contributed by atoms with Gasteiger partial charge in [0, 0.05) is 39.0 Å². The molecule has 8 heteroatoms. The van der Waals surface area contributed by atoms with E-state index in [9.17, 15) is 19.8 Å². The van der Waals surface area contributed by atoms with Crippen LogP contribution in [0.2, 0.25) is 5.02 Å². The summed E-state index contributed by atoms with van der Waals surface area (Å²) in [4.78, 5) is 24.5. The smallest absolute Gasteiger partial charge is 0.271 e. The number of hydrogen-bond acceptors (Lipinski definition) is 5.